The van der Waals surface area contributed by atoms with E-state index in [9.17, 15) is 4.79 Å². The van der Waals surface area contributed by atoms with Crippen LogP contribution < -0.4 is 9.47 Å². The first-order valence-corrected chi connectivity index (χ1v) is 11.8. The topological polar surface area (TPSA) is 94.0 Å². The van der Waals surface area contributed by atoms with Gasteiger partial charge >= 0.3 is 0 Å². The van der Waals surface area contributed by atoms with E-state index in [4.69, 9.17) is 38.0 Å². The van der Waals surface area contributed by atoms with Crippen LogP contribution in [0.4, 0.5) is 0 Å². The number of methoxy groups -OCH3 is 1. The lowest BCUT2D eigenvalue weighted by molar-refractivity contribution is -0.145. The van der Waals surface area contributed by atoms with Gasteiger partial charge in [-0.25, -0.2) is 5.10 Å². The number of aromatic nitrogens is 3. The van der Waals surface area contributed by atoms with Crippen LogP contribution in [0.5, 0.6) is 11.5 Å². The van der Waals surface area contributed by atoms with Crippen LogP contribution in [0, 0.1) is 4.77 Å². The fourth-order valence-corrected chi connectivity index (χ4v) is 4.24. The highest BCUT2D eigenvalue weighted by molar-refractivity contribution is 7.71. The van der Waals surface area contributed by atoms with Gasteiger partial charge in [-0.05, 0) is 62.0 Å². The molecule has 1 N–H and O–H groups in total. The lowest BCUT2D eigenvalue weighted by atomic mass is 10.2. The highest BCUT2D eigenvalue weighted by Gasteiger charge is 2.26. The van der Waals surface area contributed by atoms with E-state index < -0.39 is 0 Å². The van der Waals surface area contributed by atoms with Gasteiger partial charge in [0, 0.05) is 18.7 Å². The maximum atomic E-state index is 12.6. The van der Waals surface area contributed by atoms with Crippen LogP contribution in [0.15, 0.2) is 47.6 Å². The van der Waals surface area contributed by atoms with E-state index >= 15 is 0 Å². The van der Waals surface area contributed by atoms with Gasteiger partial charge in [0.15, 0.2) is 23.9 Å². The zero-order valence-electron chi connectivity index (χ0n) is 19.6. The summed E-state index contributed by atoms with van der Waals surface area (Å²) in [5.74, 6) is 1.34. The predicted molar refractivity (Wildman–Crippen MR) is 136 cm³/mol. The number of H-pyrrole nitrogens is 1. The summed E-state index contributed by atoms with van der Waals surface area (Å²) in [6.07, 6.45) is 1.62. The summed E-state index contributed by atoms with van der Waals surface area (Å²) in [6, 6.07) is 12.6. The van der Waals surface area contributed by atoms with Gasteiger partial charge in [-0.15, -0.1) is 0 Å². The number of hydrogen-bond donors (Lipinski definition) is 1. The molecule has 35 heavy (non-hydrogen) atoms. The Balaban J connectivity index is 1.48. The zero-order chi connectivity index (χ0) is 24.9. The summed E-state index contributed by atoms with van der Waals surface area (Å²) in [4.78, 5) is 14.4. The monoisotopic (exact) mass is 515 g/mol. The number of carbonyl (C=O) groups excluding carboxylic acids is 1. The summed E-state index contributed by atoms with van der Waals surface area (Å²) in [6.45, 7) is 4.91. The largest absolute Gasteiger partial charge is 0.493 e. The van der Waals surface area contributed by atoms with Crippen LogP contribution in [-0.2, 0) is 9.53 Å². The number of nitrogens with zero attached hydrogens (tertiary/aromatic N) is 4. The summed E-state index contributed by atoms with van der Waals surface area (Å²) in [7, 11) is 1.54. The van der Waals surface area contributed by atoms with Crippen LogP contribution in [0.2, 0.25) is 5.02 Å². The Morgan fingerprint density at radius 3 is 2.71 bits per heavy atom. The molecular formula is C24H26ClN5O4S. The molecule has 4 rings (SSSR count). The first kappa shape index (κ1) is 24.9. The lowest BCUT2D eigenvalue weighted by Gasteiger charge is -2.35. The number of nitrogens with one attached hydrogen (secondary N) is 1. The molecule has 2 heterocycles. The minimum atomic E-state index is -0.0962. The number of aromatic amines is 1. The van der Waals surface area contributed by atoms with Gasteiger partial charge in [-0.2, -0.15) is 14.9 Å². The van der Waals surface area contributed by atoms with Gasteiger partial charge in [-0.3, -0.25) is 4.79 Å². The maximum Gasteiger partial charge on any atom is 0.260 e. The molecule has 1 fully saturated rings. The van der Waals surface area contributed by atoms with Crippen LogP contribution in [0.1, 0.15) is 19.4 Å². The van der Waals surface area contributed by atoms with E-state index in [0.29, 0.717) is 45.8 Å². The average Bonchev–Trinajstić information content (AvgIpc) is 3.21. The van der Waals surface area contributed by atoms with Crippen LogP contribution >= 0.6 is 23.8 Å². The fourth-order valence-electron chi connectivity index (χ4n) is 3.84. The Labute approximate surface area is 213 Å². The third-order valence-electron chi connectivity index (χ3n) is 5.40. The Kier molecular flexibility index (Phi) is 7.84. The van der Waals surface area contributed by atoms with Gasteiger partial charge < -0.3 is 19.1 Å². The second-order valence-electron chi connectivity index (χ2n) is 8.14. The molecule has 184 valence electrons. The second-order valence-corrected chi connectivity index (χ2v) is 8.94. The van der Waals surface area contributed by atoms with Gasteiger partial charge in [0.2, 0.25) is 4.77 Å². The van der Waals surface area contributed by atoms with Crippen molar-refractivity contribution < 1.29 is 19.0 Å². The SMILES string of the molecule is COc1cc(/C=N\n2c(-c3ccccc3Cl)n[nH]c2=S)ccc1OCC(=O)N1C[C@H](C)O[C@@H](C)C1. The Bertz CT molecular complexity index is 1280. The Morgan fingerprint density at radius 1 is 1.26 bits per heavy atom. The molecule has 0 radical (unpaired) electrons. The van der Waals surface area contributed by atoms with Crippen molar-refractivity contribution in [3.8, 4) is 22.9 Å². The molecule has 11 heteroatoms. The molecule has 1 aliphatic rings. The number of amides is 1. The molecule has 2 aromatic carbocycles. The normalized spacial score (nSPS) is 18.1. The average molecular weight is 516 g/mol. The molecule has 0 spiro atoms. The summed E-state index contributed by atoms with van der Waals surface area (Å²) in [5, 5.41) is 12.0. The molecule has 3 aromatic rings. The highest BCUT2D eigenvalue weighted by Crippen LogP contribution is 2.28. The Morgan fingerprint density at radius 2 is 2.00 bits per heavy atom. The minimum absolute atomic E-state index is 0.00188. The van der Waals surface area contributed by atoms with Crippen molar-refractivity contribution in [3.05, 3.63) is 57.8 Å². The first-order chi connectivity index (χ1) is 16.9. The van der Waals surface area contributed by atoms with E-state index in [2.05, 4.69) is 15.3 Å². The number of carbonyl (C=O) groups is 1. The van der Waals surface area contributed by atoms with Crippen LogP contribution in [0.25, 0.3) is 11.4 Å². The molecule has 1 aliphatic heterocycles. The smallest absolute Gasteiger partial charge is 0.260 e. The van der Waals surface area contributed by atoms with E-state index in [1.54, 1.807) is 29.3 Å². The number of rotatable bonds is 7. The number of benzene rings is 2. The van der Waals surface area contributed by atoms with E-state index in [0.717, 1.165) is 5.56 Å². The number of halogens is 1. The van der Waals surface area contributed by atoms with E-state index in [-0.39, 0.29) is 24.7 Å². The minimum Gasteiger partial charge on any atom is -0.493 e. The quantitative estimate of drug-likeness (QED) is 0.375. The second kappa shape index (κ2) is 11.0. The van der Waals surface area contributed by atoms with Crippen molar-refractivity contribution in [2.24, 2.45) is 5.10 Å². The number of ether oxygens (including phenoxy) is 3. The summed E-state index contributed by atoms with van der Waals surface area (Å²) in [5.41, 5.74) is 1.44. The van der Waals surface area contributed by atoms with Crippen molar-refractivity contribution in [1.82, 2.24) is 19.8 Å². The molecule has 1 saturated heterocycles. The standard InChI is InChI=1S/C24H26ClN5O4S/c1-15-12-29(13-16(2)34-15)22(31)14-33-20-9-8-17(10-21(20)32-3)11-26-30-23(27-28-24(30)35)18-6-4-5-7-19(18)25/h4-11,15-16H,12-14H2,1-3H3,(H,28,35)/b26-11-/t15-,16-/m0/s1. The van der Waals surface area contributed by atoms with Gasteiger partial charge in [0.25, 0.3) is 5.91 Å². The highest BCUT2D eigenvalue weighted by atomic mass is 35.5. The lowest BCUT2D eigenvalue weighted by Crippen LogP contribution is -2.49. The van der Waals surface area contributed by atoms with Crippen LogP contribution in [0.3, 0.4) is 0 Å². The number of hydrogen-bond acceptors (Lipinski definition) is 7. The van der Waals surface area contributed by atoms with Crippen molar-refractivity contribution >= 4 is 35.9 Å². The molecule has 2 atom stereocenters. The molecule has 1 amide bonds. The molecule has 9 nitrogen and oxygen atoms in total. The van der Waals surface area contributed by atoms with E-state index in [1.165, 1.54) is 11.8 Å². The van der Waals surface area contributed by atoms with Crippen molar-refractivity contribution in [2.45, 2.75) is 26.1 Å². The molecule has 1 aromatic heterocycles. The molecule has 0 saturated carbocycles. The third kappa shape index (κ3) is 5.90. The maximum absolute atomic E-state index is 12.6. The van der Waals surface area contributed by atoms with E-state index in [1.807, 2.05) is 38.1 Å². The van der Waals surface area contributed by atoms with Crippen LogP contribution in [-0.4, -0.2) is 70.9 Å². The van der Waals surface area contributed by atoms with Gasteiger partial charge in [0.1, 0.15) is 0 Å². The fraction of sp³-hybridized carbons (Fsp3) is 0.333. The molecule has 0 bridgehead atoms. The van der Waals surface area contributed by atoms with Crippen molar-refractivity contribution in [1.29, 1.82) is 0 Å². The predicted octanol–water partition coefficient (Wildman–Crippen LogP) is 4.17. The molecule has 0 aliphatic carbocycles. The van der Waals surface area contributed by atoms with Crippen molar-refractivity contribution in [3.63, 3.8) is 0 Å². The zero-order valence-corrected chi connectivity index (χ0v) is 21.2. The van der Waals surface area contributed by atoms with Gasteiger partial charge in [-0.1, -0.05) is 23.7 Å². The first-order valence-electron chi connectivity index (χ1n) is 11.1. The van der Waals surface area contributed by atoms with Gasteiger partial charge in [0.05, 0.1) is 30.6 Å². The molecule has 0 unspecified atom stereocenters. The van der Waals surface area contributed by atoms with Crippen molar-refractivity contribution in [2.75, 3.05) is 26.8 Å². The molecular weight excluding hydrogens is 490 g/mol. The third-order valence-corrected chi connectivity index (χ3v) is 5.99. The Hall–Kier alpha value is -3.21. The summed E-state index contributed by atoms with van der Waals surface area (Å²) >= 11 is 11.6. The summed E-state index contributed by atoms with van der Waals surface area (Å²) < 4.78 is 18.8. The number of morpholine rings is 1.